The number of oxime groups is 1. The van der Waals surface area contributed by atoms with E-state index < -0.39 is 0 Å². The van der Waals surface area contributed by atoms with E-state index in [1.807, 2.05) is 18.2 Å². The van der Waals surface area contributed by atoms with Gasteiger partial charge in [-0.2, -0.15) is 0 Å². The second-order valence-electron chi connectivity index (χ2n) is 5.01. The Morgan fingerprint density at radius 1 is 1.37 bits per heavy atom. The first kappa shape index (κ1) is 13.7. The number of hydrogen-bond acceptors (Lipinski definition) is 4. The van der Waals surface area contributed by atoms with E-state index in [-0.39, 0.29) is 0 Å². The lowest BCUT2D eigenvalue weighted by atomic mass is 10.1. The lowest BCUT2D eigenvalue weighted by Crippen LogP contribution is -2.10. The second kappa shape index (κ2) is 6.45. The Morgan fingerprint density at radius 2 is 2.11 bits per heavy atom. The molecule has 0 amide bonds. The fourth-order valence-corrected chi connectivity index (χ4v) is 2.49. The molecule has 19 heavy (non-hydrogen) atoms. The molecule has 1 aromatic rings. The van der Waals surface area contributed by atoms with E-state index in [1.165, 1.54) is 25.7 Å². The van der Waals surface area contributed by atoms with E-state index in [0.717, 1.165) is 23.7 Å². The summed E-state index contributed by atoms with van der Waals surface area (Å²) in [7, 11) is 1.63. The van der Waals surface area contributed by atoms with E-state index in [9.17, 15) is 0 Å². The second-order valence-corrected chi connectivity index (χ2v) is 5.01. The largest absolute Gasteiger partial charge is 0.497 e. The molecule has 1 saturated carbocycles. The molecule has 0 atom stereocenters. The van der Waals surface area contributed by atoms with Crippen molar-refractivity contribution in [3.63, 3.8) is 0 Å². The van der Waals surface area contributed by atoms with E-state index in [2.05, 4.69) is 5.16 Å². The van der Waals surface area contributed by atoms with E-state index >= 15 is 0 Å². The maximum atomic E-state index is 8.92. The van der Waals surface area contributed by atoms with Gasteiger partial charge in [-0.3, -0.25) is 0 Å². The molecule has 104 valence electrons. The van der Waals surface area contributed by atoms with Crippen molar-refractivity contribution in [2.75, 3.05) is 13.7 Å². The lowest BCUT2D eigenvalue weighted by Gasteiger charge is -2.15. The van der Waals surface area contributed by atoms with Crippen LogP contribution < -0.4 is 9.47 Å². The standard InChI is InChI=1S/C15H21NO3/c1-11(16-17)14-8-7-13(18-2)9-15(14)19-10-12-5-3-4-6-12/h7-9,12,17H,3-6,10H2,1-2H3/b16-11+. The molecule has 1 N–H and O–H groups in total. The molecular weight excluding hydrogens is 242 g/mol. The molecule has 1 aliphatic carbocycles. The van der Waals surface area contributed by atoms with Gasteiger partial charge in [-0.25, -0.2) is 0 Å². The molecular formula is C15H21NO3. The van der Waals surface area contributed by atoms with Crippen LogP contribution in [0.5, 0.6) is 11.5 Å². The number of benzene rings is 1. The van der Waals surface area contributed by atoms with Crippen LogP contribution in [-0.4, -0.2) is 24.6 Å². The Hall–Kier alpha value is -1.71. The Labute approximate surface area is 114 Å². The summed E-state index contributed by atoms with van der Waals surface area (Å²) in [4.78, 5) is 0. The number of ether oxygens (including phenoxy) is 2. The molecule has 0 aliphatic heterocycles. The third kappa shape index (κ3) is 3.40. The van der Waals surface area contributed by atoms with Crippen LogP contribution >= 0.6 is 0 Å². The Balaban J connectivity index is 2.14. The summed E-state index contributed by atoms with van der Waals surface area (Å²) in [6.07, 6.45) is 5.09. The summed E-state index contributed by atoms with van der Waals surface area (Å²) in [5.41, 5.74) is 1.35. The van der Waals surface area contributed by atoms with Crippen molar-refractivity contribution in [3.8, 4) is 11.5 Å². The van der Waals surface area contributed by atoms with Gasteiger partial charge in [0.1, 0.15) is 11.5 Å². The average Bonchev–Trinajstić information content (AvgIpc) is 2.97. The smallest absolute Gasteiger partial charge is 0.132 e. The van der Waals surface area contributed by atoms with Crippen LogP contribution in [0.25, 0.3) is 0 Å². The molecule has 2 rings (SSSR count). The Morgan fingerprint density at radius 3 is 2.74 bits per heavy atom. The highest BCUT2D eigenvalue weighted by atomic mass is 16.5. The highest BCUT2D eigenvalue weighted by Crippen LogP contribution is 2.29. The first-order valence-corrected chi connectivity index (χ1v) is 6.74. The van der Waals surface area contributed by atoms with Crippen LogP contribution in [0.3, 0.4) is 0 Å². The molecule has 0 spiro atoms. The third-order valence-electron chi connectivity index (χ3n) is 3.68. The molecule has 0 radical (unpaired) electrons. The summed E-state index contributed by atoms with van der Waals surface area (Å²) in [6.45, 7) is 2.48. The topological polar surface area (TPSA) is 51.0 Å². The van der Waals surface area contributed by atoms with Gasteiger partial charge in [0.25, 0.3) is 0 Å². The molecule has 1 aromatic carbocycles. The zero-order chi connectivity index (χ0) is 13.7. The van der Waals surface area contributed by atoms with Gasteiger partial charge in [-0.05, 0) is 37.8 Å². The van der Waals surface area contributed by atoms with E-state index in [1.54, 1.807) is 14.0 Å². The van der Waals surface area contributed by atoms with Crippen molar-refractivity contribution < 1.29 is 14.7 Å². The number of nitrogens with zero attached hydrogens (tertiary/aromatic N) is 1. The first-order chi connectivity index (χ1) is 9.24. The SMILES string of the molecule is COc1ccc(/C(C)=N/O)c(OCC2CCCC2)c1. The minimum atomic E-state index is 0.545. The van der Waals surface area contributed by atoms with Gasteiger partial charge in [0.05, 0.1) is 19.4 Å². The third-order valence-corrected chi connectivity index (χ3v) is 3.68. The molecule has 4 nitrogen and oxygen atoms in total. The summed E-state index contributed by atoms with van der Waals surface area (Å²) in [5, 5.41) is 12.2. The molecule has 1 fully saturated rings. The molecule has 0 aromatic heterocycles. The van der Waals surface area contributed by atoms with Gasteiger partial charge in [0, 0.05) is 11.6 Å². The fraction of sp³-hybridized carbons (Fsp3) is 0.533. The summed E-state index contributed by atoms with van der Waals surface area (Å²) < 4.78 is 11.1. The van der Waals surface area contributed by atoms with Gasteiger partial charge >= 0.3 is 0 Å². The highest BCUT2D eigenvalue weighted by Gasteiger charge is 2.17. The fourth-order valence-electron chi connectivity index (χ4n) is 2.49. The normalized spacial score (nSPS) is 16.6. The predicted octanol–water partition coefficient (Wildman–Crippen LogP) is 3.46. The van der Waals surface area contributed by atoms with Crippen LogP contribution in [0.15, 0.2) is 23.4 Å². The van der Waals surface area contributed by atoms with Gasteiger partial charge < -0.3 is 14.7 Å². The quantitative estimate of drug-likeness (QED) is 0.503. The summed E-state index contributed by atoms with van der Waals surface area (Å²) >= 11 is 0. The monoisotopic (exact) mass is 263 g/mol. The van der Waals surface area contributed by atoms with E-state index in [0.29, 0.717) is 11.6 Å². The van der Waals surface area contributed by atoms with Gasteiger partial charge in [0.15, 0.2) is 0 Å². The maximum absolute atomic E-state index is 8.92. The Kier molecular flexibility index (Phi) is 4.66. The van der Waals surface area contributed by atoms with Crippen LogP contribution in [0, 0.1) is 5.92 Å². The van der Waals surface area contributed by atoms with Gasteiger partial charge in [0.2, 0.25) is 0 Å². The number of rotatable bonds is 5. The lowest BCUT2D eigenvalue weighted by molar-refractivity contribution is 0.250. The van der Waals surface area contributed by atoms with Gasteiger partial charge in [-0.1, -0.05) is 18.0 Å². The van der Waals surface area contributed by atoms with E-state index in [4.69, 9.17) is 14.7 Å². The van der Waals surface area contributed by atoms with Crippen molar-refractivity contribution >= 4 is 5.71 Å². The van der Waals surface area contributed by atoms with Crippen molar-refractivity contribution in [1.82, 2.24) is 0 Å². The number of hydrogen-bond donors (Lipinski definition) is 1. The maximum Gasteiger partial charge on any atom is 0.132 e. The van der Waals surface area contributed by atoms with Crippen LogP contribution in [0.2, 0.25) is 0 Å². The van der Waals surface area contributed by atoms with Crippen molar-refractivity contribution in [1.29, 1.82) is 0 Å². The molecule has 0 saturated heterocycles. The zero-order valence-corrected chi connectivity index (χ0v) is 11.6. The Bertz CT molecular complexity index is 451. The van der Waals surface area contributed by atoms with Crippen LogP contribution in [-0.2, 0) is 0 Å². The number of methoxy groups -OCH3 is 1. The van der Waals surface area contributed by atoms with Crippen molar-refractivity contribution in [3.05, 3.63) is 23.8 Å². The summed E-state index contributed by atoms with van der Waals surface area (Å²) in [5.74, 6) is 2.11. The van der Waals surface area contributed by atoms with Gasteiger partial charge in [-0.15, -0.1) is 0 Å². The molecule has 0 bridgehead atoms. The minimum Gasteiger partial charge on any atom is -0.497 e. The molecule has 0 unspecified atom stereocenters. The molecule has 1 aliphatic rings. The van der Waals surface area contributed by atoms with Crippen molar-refractivity contribution in [2.45, 2.75) is 32.6 Å². The zero-order valence-electron chi connectivity index (χ0n) is 11.6. The van der Waals surface area contributed by atoms with Crippen molar-refractivity contribution in [2.24, 2.45) is 11.1 Å². The first-order valence-electron chi connectivity index (χ1n) is 6.74. The average molecular weight is 263 g/mol. The highest BCUT2D eigenvalue weighted by molar-refractivity contribution is 6.00. The van der Waals surface area contributed by atoms with Crippen LogP contribution in [0.4, 0.5) is 0 Å². The predicted molar refractivity (Wildman–Crippen MR) is 74.4 cm³/mol. The molecule has 4 heteroatoms. The molecule has 0 heterocycles. The van der Waals surface area contributed by atoms with Crippen LogP contribution in [0.1, 0.15) is 38.2 Å². The summed E-state index contributed by atoms with van der Waals surface area (Å²) in [6, 6.07) is 5.54. The minimum absolute atomic E-state index is 0.545.